The van der Waals surface area contributed by atoms with Gasteiger partial charge in [0.15, 0.2) is 0 Å². The van der Waals surface area contributed by atoms with Gasteiger partial charge in [0.2, 0.25) is 0 Å². The highest BCUT2D eigenvalue weighted by Gasteiger charge is 2.25. The van der Waals surface area contributed by atoms with Crippen LogP contribution in [-0.2, 0) is 0 Å². The first-order valence-corrected chi connectivity index (χ1v) is 5.37. The van der Waals surface area contributed by atoms with Gasteiger partial charge in [0.25, 0.3) is 0 Å². The Morgan fingerprint density at radius 2 is 1.67 bits per heavy atom. The van der Waals surface area contributed by atoms with Crippen molar-refractivity contribution in [3.8, 4) is 0 Å². The summed E-state index contributed by atoms with van der Waals surface area (Å²) in [7, 11) is 0. The van der Waals surface area contributed by atoms with Gasteiger partial charge < -0.3 is 5.73 Å². The van der Waals surface area contributed by atoms with E-state index >= 15 is 0 Å². The fraction of sp³-hybridized carbons (Fsp3) is 1.00. The summed E-state index contributed by atoms with van der Waals surface area (Å²) < 4.78 is 0. The summed E-state index contributed by atoms with van der Waals surface area (Å²) >= 11 is 0. The third-order valence-electron chi connectivity index (χ3n) is 3.44. The largest absolute Gasteiger partial charge is 0.328 e. The second-order valence-corrected chi connectivity index (χ2v) is 4.79. The monoisotopic (exact) mass is 169 g/mol. The number of nitrogens with two attached hydrogens (primary N) is 1. The zero-order valence-corrected chi connectivity index (χ0v) is 8.72. The van der Waals surface area contributed by atoms with Crippen LogP contribution >= 0.6 is 0 Å². The maximum Gasteiger partial charge on any atom is 0.00388 e. The second-order valence-electron chi connectivity index (χ2n) is 4.79. The molecule has 0 heterocycles. The lowest BCUT2D eigenvalue weighted by molar-refractivity contribution is 0.197. The molecule has 1 saturated carbocycles. The normalized spacial score (nSPS) is 33.8. The van der Waals surface area contributed by atoms with E-state index in [9.17, 15) is 0 Å². The summed E-state index contributed by atoms with van der Waals surface area (Å²) in [5.74, 6) is 2.59. The van der Waals surface area contributed by atoms with Crippen molar-refractivity contribution in [2.45, 2.75) is 52.5 Å². The Hall–Kier alpha value is -0.0400. The molecule has 2 N–H and O–H groups in total. The molecule has 0 radical (unpaired) electrons. The van der Waals surface area contributed by atoms with Crippen molar-refractivity contribution in [1.82, 2.24) is 0 Å². The summed E-state index contributed by atoms with van der Waals surface area (Å²) in [6.07, 6.45) is 5.56. The highest BCUT2D eigenvalue weighted by molar-refractivity contribution is 4.79. The van der Waals surface area contributed by atoms with Crippen molar-refractivity contribution in [3.63, 3.8) is 0 Å². The van der Waals surface area contributed by atoms with Crippen molar-refractivity contribution < 1.29 is 0 Å². The maximum absolute atomic E-state index is 5.93. The van der Waals surface area contributed by atoms with Crippen LogP contribution in [0, 0.1) is 17.8 Å². The summed E-state index contributed by atoms with van der Waals surface area (Å²) in [6, 6.07) is 0.409. The molecule has 1 heteroatoms. The Kier molecular flexibility index (Phi) is 3.57. The van der Waals surface area contributed by atoms with E-state index in [1.807, 2.05) is 0 Å². The van der Waals surface area contributed by atoms with Gasteiger partial charge in [-0.05, 0) is 37.5 Å². The molecule has 1 fully saturated rings. The van der Waals surface area contributed by atoms with Crippen LogP contribution < -0.4 is 5.73 Å². The summed E-state index contributed by atoms with van der Waals surface area (Å²) in [5, 5.41) is 0. The summed E-state index contributed by atoms with van der Waals surface area (Å²) in [5.41, 5.74) is 5.93. The number of hydrogen-bond acceptors (Lipinski definition) is 1. The first kappa shape index (κ1) is 10.0. The molecule has 0 aromatic rings. The van der Waals surface area contributed by atoms with Gasteiger partial charge in [0.05, 0.1) is 0 Å². The van der Waals surface area contributed by atoms with Crippen LogP contribution in [0.4, 0.5) is 0 Å². The molecular formula is C11H23N. The number of hydrogen-bond donors (Lipinski definition) is 1. The van der Waals surface area contributed by atoms with E-state index in [-0.39, 0.29) is 0 Å². The van der Waals surface area contributed by atoms with Gasteiger partial charge in [-0.25, -0.2) is 0 Å². The molecule has 1 aliphatic carbocycles. The van der Waals surface area contributed by atoms with E-state index in [4.69, 9.17) is 5.73 Å². The van der Waals surface area contributed by atoms with Crippen molar-refractivity contribution >= 4 is 0 Å². The van der Waals surface area contributed by atoms with Crippen molar-refractivity contribution in [2.75, 3.05) is 0 Å². The third kappa shape index (κ3) is 2.48. The summed E-state index contributed by atoms with van der Waals surface area (Å²) in [6.45, 7) is 6.84. The topological polar surface area (TPSA) is 26.0 Å². The minimum atomic E-state index is 0.409. The molecule has 72 valence electrons. The molecular weight excluding hydrogens is 146 g/mol. The molecule has 0 aromatic carbocycles. The Morgan fingerprint density at radius 1 is 1.08 bits per heavy atom. The van der Waals surface area contributed by atoms with Crippen molar-refractivity contribution in [1.29, 1.82) is 0 Å². The molecule has 3 unspecified atom stereocenters. The highest BCUT2D eigenvalue weighted by Crippen LogP contribution is 2.34. The molecule has 1 aliphatic rings. The minimum Gasteiger partial charge on any atom is -0.328 e. The first-order chi connectivity index (χ1) is 5.61. The van der Waals surface area contributed by atoms with Gasteiger partial charge >= 0.3 is 0 Å². The van der Waals surface area contributed by atoms with Gasteiger partial charge in [0.1, 0.15) is 0 Å². The van der Waals surface area contributed by atoms with Gasteiger partial charge in [0, 0.05) is 6.04 Å². The number of rotatable bonds is 2. The third-order valence-corrected chi connectivity index (χ3v) is 3.44. The highest BCUT2D eigenvalue weighted by atomic mass is 14.6. The molecule has 12 heavy (non-hydrogen) atoms. The van der Waals surface area contributed by atoms with E-state index in [1.54, 1.807) is 0 Å². The van der Waals surface area contributed by atoms with Crippen LogP contribution in [0.15, 0.2) is 0 Å². The quantitative estimate of drug-likeness (QED) is 0.676. The molecule has 3 atom stereocenters. The van der Waals surface area contributed by atoms with Crippen LogP contribution in [0.5, 0.6) is 0 Å². The molecule has 0 spiro atoms. The van der Waals surface area contributed by atoms with Crippen molar-refractivity contribution in [2.24, 2.45) is 23.5 Å². The van der Waals surface area contributed by atoms with E-state index in [2.05, 4.69) is 20.8 Å². The zero-order valence-electron chi connectivity index (χ0n) is 8.72. The predicted octanol–water partition coefficient (Wildman–Crippen LogP) is 2.80. The second kappa shape index (κ2) is 4.27. The van der Waals surface area contributed by atoms with Crippen LogP contribution in [0.3, 0.4) is 0 Å². The van der Waals surface area contributed by atoms with Crippen LogP contribution in [0.1, 0.15) is 46.5 Å². The van der Waals surface area contributed by atoms with E-state index in [0.717, 1.165) is 17.8 Å². The standard InChI is InChI=1S/C11H23N/c1-8(2)10-5-4-6-11(7-10)9(3)12/h8-11H,4-7,12H2,1-3H3. The van der Waals surface area contributed by atoms with E-state index in [0.29, 0.717) is 6.04 Å². The fourth-order valence-electron chi connectivity index (χ4n) is 2.35. The van der Waals surface area contributed by atoms with Crippen LogP contribution in [-0.4, -0.2) is 6.04 Å². The van der Waals surface area contributed by atoms with Gasteiger partial charge in [-0.1, -0.05) is 26.7 Å². The van der Waals surface area contributed by atoms with Gasteiger partial charge in [-0.15, -0.1) is 0 Å². The molecule has 0 aliphatic heterocycles. The molecule has 0 saturated heterocycles. The smallest absolute Gasteiger partial charge is 0.00388 e. The van der Waals surface area contributed by atoms with E-state index in [1.165, 1.54) is 25.7 Å². The average Bonchev–Trinajstić information content (AvgIpc) is 2.04. The Morgan fingerprint density at radius 3 is 2.17 bits per heavy atom. The van der Waals surface area contributed by atoms with Crippen LogP contribution in [0.25, 0.3) is 0 Å². The van der Waals surface area contributed by atoms with Gasteiger partial charge in [-0.2, -0.15) is 0 Å². The Labute approximate surface area is 76.7 Å². The lowest BCUT2D eigenvalue weighted by atomic mass is 9.74. The molecule has 1 nitrogen and oxygen atoms in total. The lowest BCUT2D eigenvalue weighted by Crippen LogP contribution is -2.32. The SMILES string of the molecule is CC(C)C1CCCC(C(C)N)C1. The maximum atomic E-state index is 5.93. The Bertz CT molecular complexity index is 115. The zero-order chi connectivity index (χ0) is 9.14. The molecule has 0 bridgehead atoms. The van der Waals surface area contributed by atoms with Crippen molar-refractivity contribution in [3.05, 3.63) is 0 Å². The van der Waals surface area contributed by atoms with Gasteiger partial charge in [-0.3, -0.25) is 0 Å². The Balaban J connectivity index is 2.40. The average molecular weight is 169 g/mol. The molecule has 0 aromatic heterocycles. The predicted molar refractivity (Wildman–Crippen MR) is 53.9 cm³/mol. The van der Waals surface area contributed by atoms with E-state index < -0.39 is 0 Å². The minimum absolute atomic E-state index is 0.409. The fourth-order valence-corrected chi connectivity index (χ4v) is 2.35. The molecule has 0 amide bonds. The lowest BCUT2D eigenvalue weighted by Gasteiger charge is -2.33. The van der Waals surface area contributed by atoms with Crippen LogP contribution in [0.2, 0.25) is 0 Å². The summed E-state index contributed by atoms with van der Waals surface area (Å²) in [4.78, 5) is 0. The first-order valence-electron chi connectivity index (χ1n) is 5.37. The molecule has 1 rings (SSSR count).